The third kappa shape index (κ3) is 3.03. The number of carbonyl (C=O) groups is 1. The lowest BCUT2D eigenvalue weighted by Gasteiger charge is -2.09. The molecule has 1 atom stereocenters. The van der Waals surface area contributed by atoms with Crippen LogP contribution in [0.15, 0.2) is 42.5 Å². The van der Waals surface area contributed by atoms with Gasteiger partial charge in [-0.25, -0.2) is 0 Å². The average Bonchev–Trinajstić information content (AvgIpc) is 2.79. The molecule has 0 aliphatic carbocycles. The van der Waals surface area contributed by atoms with E-state index in [4.69, 9.17) is 0 Å². The second-order valence-electron chi connectivity index (χ2n) is 4.59. The number of aliphatic hydroxyl groups excluding tert-OH is 1. The van der Waals surface area contributed by atoms with Crippen LogP contribution in [0, 0.1) is 0 Å². The van der Waals surface area contributed by atoms with Gasteiger partial charge in [-0.1, -0.05) is 30.3 Å². The summed E-state index contributed by atoms with van der Waals surface area (Å²) in [4.78, 5) is 12.0. The van der Waals surface area contributed by atoms with Crippen LogP contribution in [0.4, 0.5) is 0 Å². The second kappa shape index (κ2) is 5.71. The summed E-state index contributed by atoms with van der Waals surface area (Å²) in [6.45, 7) is 1.89. The Morgan fingerprint density at radius 2 is 1.95 bits per heavy atom. The molecular weight excluding hydrogens is 240 g/mol. The van der Waals surface area contributed by atoms with Crippen LogP contribution in [-0.2, 0) is 7.05 Å². The molecule has 2 aromatic rings. The van der Waals surface area contributed by atoms with Crippen LogP contribution in [0.1, 0.15) is 17.4 Å². The largest absolute Gasteiger partial charge is 0.392 e. The first kappa shape index (κ1) is 13.4. The Kier molecular flexibility index (Phi) is 4.02. The SMILES string of the molecule is CC(O)CNC(=O)c1ccc(-c2ccccc2)n1C. The zero-order valence-electron chi connectivity index (χ0n) is 11.1. The fraction of sp³-hybridized carbons (Fsp3) is 0.267. The average molecular weight is 258 g/mol. The topological polar surface area (TPSA) is 54.3 Å². The van der Waals surface area contributed by atoms with Gasteiger partial charge in [-0.2, -0.15) is 0 Å². The highest BCUT2D eigenvalue weighted by atomic mass is 16.3. The van der Waals surface area contributed by atoms with Gasteiger partial charge in [0.25, 0.3) is 5.91 Å². The van der Waals surface area contributed by atoms with Gasteiger partial charge in [-0.05, 0) is 24.6 Å². The first-order valence-corrected chi connectivity index (χ1v) is 6.27. The van der Waals surface area contributed by atoms with Crippen LogP contribution in [-0.4, -0.2) is 28.2 Å². The monoisotopic (exact) mass is 258 g/mol. The molecule has 1 amide bonds. The molecule has 0 bridgehead atoms. The van der Waals surface area contributed by atoms with Crippen LogP contribution in [0.2, 0.25) is 0 Å². The van der Waals surface area contributed by atoms with Gasteiger partial charge in [0.15, 0.2) is 0 Å². The van der Waals surface area contributed by atoms with E-state index in [0.717, 1.165) is 11.3 Å². The smallest absolute Gasteiger partial charge is 0.268 e. The van der Waals surface area contributed by atoms with Crippen molar-refractivity contribution >= 4 is 5.91 Å². The van der Waals surface area contributed by atoms with E-state index in [2.05, 4.69) is 5.32 Å². The molecule has 1 aromatic carbocycles. The van der Waals surface area contributed by atoms with Crippen molar-refractivity contribution in [2.24, 2.45) is 7.05 Å². The van der Waals surface area contributed by atoms with E-state index in [1.807, 2.05) is 48.0 Å². The molecule has 0 saturated carbocycles. The van der Waals surface area contributed by atoms with E-state index in [1.165, 1.54) is 0 Å². The minimum Gasteiger partial charge on any atom is -0.392 e. The molecule has 0 radical (unpaired) electrons. The van der Waals surface area contributed by atoms with Crippen molar-refractivity contribution in [3.8, 4) is 11.3 Å². The summed E-state index contributed by atoms with van der Waals surface area (Å²) in [5.41, 5.74) is 2.64. The number of hydrogen-bond acceptors (Lipinski definition) is 2. The molecular formula is C15H18N2O2. The van der Waals surface area contributed by atoms with Crippen molar-refractivity contribution in [3.05, 3.63) is 48.2 Å². The number of nitrogens with one attached hydrogen (secondary N) is 1. The molecule has 4 nitrogen and oxygen atoms in total. The van der Waals surface area contributed by atoms with Crippen molar-refractivity contribution in [3.63, 3.8) is 0 Å². The minimum atomic E-state index is -0.544. The lowest BCUT2D eigenvalue weighted by atomic mass is 10.2. The molecule has 0 saturated heterocycles. The van der Waals surface area contributed by atoms with Gasteiger partial charge in [-0.15, -0.1) is 0 Å². The molecule has 4 heteroatoms. The molecule has 1 aromatic heterocycles. The molecule has 100 valence electrons. The third-order valence-electron chi connectivity index (χ3n) is 2.98. The van der Waals surface area contributed by atoms with Crippen molar-refractivity contribution in [2.45, 2.75) is 13.0 Å². The maximum atomic E-state index is 12.0. The first-order chi connectivity index (χ1) is 9.09. The van der Waals surface area contributed by atoms with Crippen LogP contribution >= 0.6 is 0 Å². The molecule has 19 heavy (non-hydrogen) atoms. The van der Waals surface area contributed by atoms with Crippen LogP contribution in [0.3, 0.4) is 0 Å². The van der Waals surface area contributed by atoms with Gasteiger partial charge in [0, 0.05) is 19.3 Å². The minimum absolute atomic E-state index is 0.175. The Labute approximate surface area is 112 Å². The standard InChI is InChI=1S/C15H18N2O2/c1-11(18)10-16-15(19)14-9-8-13(17(14)2)12-6-4-3-5-7-12/h3-9,11,18H,10H2,1-2H3,(H,16,19). The van der Waals surface area contributed by atoms with E-state index in [9.17, 15) is 9.90 Å². The number of nitrogens with zero attached hydrogens (tertiary/aromatic N) is 1. The normalized spacial score (nSPS) is 12.2. The fourth-order valence-electron chi connectivity index (χ4n) is 1.97. The van der Waals surface area contributed by atoms with Crippen LogP contribution in [0.5, 0.6) is 0 Å². The number of aromatic nitrogens is 1. The first-order valence-electron chi connectivity index (χ1n) is 6.27. The van der Waals surface area contributed by atoms with Crippen molar-refractivity contribution in [1.82, 2.24) is 9.88 Å². The molecule has 0 fully saturated rings. The van der Waals surface area contributed by atoms with Crippen molar-refractivity contribution in [1.29, 1.82) is 0 Å². The zero-order chi connectivity index (χ0) is 13.8. The fourth-order valence-corrected chi connectivity index (χ4v) is 1.97. The predicted octanol–water partition coefficient (Wildman–Crippen LogP) is 1.80. The second-order valence-corrected chi connectivity index (χ2v) is 4.59. The van der Waals surface area contributed by atoms with E-state index >= 15 is 0 Å². The molecule has 1 heterocycles. The Bertz CT molecular complexity index is 559. The zero-order valence-corrected chi connectivity index (χ0v) is 11.1. The Balaban J connectivity index is 2.21. The van der Waals surface area contributed by atoms with Gasteiger partial charge >= 0.3 is 0 Å². The molecule has 0 spiro atoms. The number of rotatable bonds is 4. The molecule has 2 N–H and O–H groups in total. The maximum absolute atomic E-state index is 12.0. The summed E-state index contributed by atoms with van der Waals surface area (Å²) >= 11 is 0. The van der Waals surface area contributed by atoms with Crippen LogP contribution in [0.25, 0.3) is 11.3 Å². The van der Waals surface area contributed by atoms with Crippen molar-refractivity contribution in [2.75, 3.05) is 6.54 Å². The Hall–Kier alpha value is -2.07. The quantitative estimate of drug-likeness (QED) is 0.878. The van der Waals surface area contributed by atoms with Crippen molar-refractivity contribution < 1.29 is 9.90 Å². The summed E-state index contributed by atoms with van der Waals surface area (Å²) in [7, 11) is 1.86. The number of aliphatic hydroxyl groups is 1. The Morgan fingerprint density at radius 3 is 2.58 bits per heavy atom. The summed E-state index contributed by atoms with van der Waals surface area (Å²) < 4.78 is 1.85. The maximum Gasteiger partial charge on any atom is 0.268 e. The van der Waals surface area contributed by atoms with E-state index in [-0.39, 0.29) is 12.5 Å². The highest BCUT2D eigenvalue weighted by Gasteiger charge is 2.13. The van der Waals surface area contributed by atoms with Crippen LogP contribution < -0.4 is 5.32 Å². The third-order valence-corrected chi connectivity index (χ3v) is 2.98. The highest BCUT2D eigenvalue weighted by molar-refractivity contribution is 5.93. The Morgan fingerprint density at radius 1 is 1.26 bits per heavy atom. The summed E-state index contributed by atoms with van der Waals surface area (Å²) in [5.74, 6) is -0.175. The van der Waals surface area contributed by atoms with Gasteiger partial charge in [0.05, 0.1) is 6.10 Å². The number of carbonyl (C=O) groups excluding carboxylic acids is 1. The number of hydrogen-bond donors (Lipinski definition) is 2. The summed E-state index contributed by atoms with van der Waals surface area (Å²) in [6.07, 6.45) is -0.544. The van der Waals surface area contributed by atoms with Gasteiger partial charge in [0.2, 0.25) is 0 Å². The summed E-state index contributed by atoms with van der Waals surface area (Å²) in [6, 6.07) is 13.6. The summed E-state index contributed by atoms with van der Waals surface area (Å²) in [5, 5.41) is 11.9. The van der Waals surface area contributed by atoms with E-state index in [1.54, 1.807) is 13.0 Å². The molecule has 2 rings (SSSR count). The van der Waals surface area contributed by atoms with E-state index < -0.39 is 6.10 Å². The predicted molar refractivity (Wildman–Crippen MR) is 74.9 cm³/mol. The lowest BCUT2D eigenvalue weighted by Crippen LogP contribution is -2.31. The van der Waals surface area contributed by atoms with Gasteiger partial charge in [-0.3, -0.25) is 4.79 Å². The molecule has 1 unspecified atom stereocenters. The number of amides is 1. The van der Waals surface area contributed by atoms with E-state index in [0.29, 0.717) is 5.69 Å². The number of benzene rings is 1. The highest BCUT2D eigenvalue weighted by Crippen LogP contribution is 2.21. The molecule has 0 aliphatic rings. The van der Waals surface area contributed by atoms with Gasteiger partial charge < -0.3 is 15.0 Å². The lowest BCUT2D eigenvalue weighted by molar-refractivity contribution is 0.0916. The van der Waals surface area contributed by atoms with Gasteiger partial charge in [0.1, 0.15) is 5.69 Å². The molecule has 0 aliphatic heterocycles.